The van der Waals surface area contributed by atoms with Gasteiger partial charge in [-0.3, -0.25) is 10.7 Å². The van der Waals surface area contributed by atoms with Crippen molar-refractivity contribution in [1.29, 1.82) is 0 Å². The molecule has 0 unspecified atom stereocenters. The van der Waals surface area contributed by atoms with Crippen LogP contribution in [0.5, 0.6) is 5.75 Å². The highest BCUT2D eigenvalue weighted by atomic mass is 32.2. The minimum Gasteiger partial charge on any atom is -0.382 e. The quantitative estimate of drug-likeness (QED) is 0.474. The van der Waals surface area contributed by atoms with E-state index in [2.05, 4.69) is 4.18 Å². The Hall–Kier alpha value is -1.27. The number of rotatable bonds is 3. The van der Waals surface area contributed by atoms with Gasteiger partial charge in [0.1, 0.15) is 5.69 Å². The van der Waals surface area contributed by atoms with Gasteiger partial charge < -0.3 is 4.18 Å². The summed E-state index contributed by atoms with van der Waals surface area (Å²) in [6.07, 6.45) is 0. The topological polar surface area (TPSA) is 75.6 Å². The largest absolute Gasteiger partial charge is 0.382 e. The van der Waals surface area contributed by atoms with Crippen LogP contribution < -0.4 is 9.66 Å². The molecule has 0 amide bonds. The second-order valence-electron chi connectivity index (χ2n) is 1.92. The van der Waals surface area contributed by atoms with Gasteiger partial charge in [-0.2, -0.15) is 8.42 Å². The highest BCUT2D eigenvalue weighted by Crippen LogP contribution is 2.22. The smallest absolute Gasteiger partial charge is 0.299 e. The molecule has 1 aromatic rings. The van der Waals surface area contributed by atoms with Gasteiger partial charge in [-0.1, -0.05) is 12.1 Å². The summed E-state index contributed by atoms with van der Waals surface area (Å²) in [5.41, 5.74) is 2.01. The van der Waals surface area contributed by atoms with E-state index in [1.807, 2.05) is 5.48 Å². The van der Waals surface area contributed by atoms with Crippen molar-refractivity contribution >= 4 is 16.7 Å². The molecular formula is C6H7NO4S. The number of thiol groups is 1. The number of benzene rings is 1. The van der Waals surface area contributed by atoms with Crippen molar-refractivity contribution in [1.82, 2.24) is 0 Å². The summed E-state index contributed by atoms with van der Waals surface area (Å²) in [7, 11) is -2.95. The van der Waals surface area contributed by atoms with E-state index >= 15 is 0 Å². The lowest BCUT2D eigenvalue weighted by atomic mass is 10.3. The number of hydrogen-bond acceptors (Lipinski definition) is 5. The van der Waals surface area contributed by atoms with E-state index in [0.717, 1.165) is 0 Å². The van der Waals surface area contributed by atoms with Crippen molar-refractivity contribution in [2.75, 3.05) is 5.48 Å². The van der Waals surface area contributed by atoms with Gasteiger partial charge in [0.15, 0.2) is 5.75 Å². The van der Waals surface area contributed by atoms with E-state index in [1.54, 1.807) is 12.1 Å². The van der Waals surface area contributed by atoms with E-state index in [-0.39, 0.29) is 11.4 Å². The lowest BCUT2D eigenvalue weighted by molar-refractivity contribution is 0.385. The Labute approximate surface area is 70.7 Å². The number of para-hydroxylation sites is 2. The number of hydrogen-bond donors (Lipinski definition) is 3. The molecule has 0 saturated carbocycles. The summed E-state index contributed by atoms with van der Waals surface area (Å²) < 4.78 is 24.7. The van der Waals surface area contributed by atoms with Gasteiger partial charge in [-0.15, -0.1) is 0 Å². The Morgan fingerprint density at radius 1 is 1.33 bits per heavy atom. The van der Waals surface area contributed by atoms with Crippen molar-refractivity contribution in [2.45, 2.75) is 0 Å². The maximum atomic E-state index is 10.1. The molecule has 0 aliphatic heterocycles. The van der Waals surface area contributed by atoms with Crippen molar-refractivity contribution < 1.29 is 17.8 Å². The van der Waals surface area contributed by atoms with Crippen molar-refractivity contribution in [2.24, 2.45) is 0 Å². The van der Waals surface area contributed by atoms with Crippen molar-refractivity contribution in [3.8, 4) is 5.75 Å². The molecule has 0 fully saturated rings. The Kier molecular flexibility index (Phi) is 2.89. The highest BCUT2D eigenvalue weighted by Gasteiger charge is 2.00. The average Bonchev–Trinajstić information content (AvgIpc) is 2.04. The van der Waals surface area contributed by atoms with E-state index in [0.29, 0.717) is 0 Å². The van der Waals surface area contributed by atoms with Crippen LogP contribution >= 0.6 is 0 Å². The maximum Gasteiger partial charge on any atom is 0.299 e. The molecule has 5 nitrogen and oxygen atoms in total. The Balaban J connectivity index is 2.96. The fourth-order valence-corrected chi connectivity index (χ4v) is 1.04. The lowest BCUT2D eigenvalue weighted by Gasteiger charge is -2.03. The predicted octanol–water partition coefficient (Wildman–Crippen LogP) is 0.393. The van der Waals surface area contributed by atoms with E-state index in [1.165, 1.54) is 12.1 Å². The molecule has 0 aliphatic rings. The Morgan fingerprint density at radius 2 is 2.00 bits per heavy atom. The molecule has 0 heterocycles. The van der Waals surface area contributed by atoms with Gasteiger partial charge in [0.05, 0.1) is 0 Å². The molecule has 0 radical (unpaired) electrons. The first-order valence-corrected chi connectivity index (χ1v) is 4.15. The van der Waals surface area contributed by atoms with Crippen molar-refractivity contribution in [3.05, 3.63) is 24.3 Å². The first-order valence-electron chi connectivity index (χ1n) is 3.05. The van der Waals surface area contributed by atoms with Gasteiger partial charge in [-0.05, 0) is 12.1 Å². The van der Waals surface area contributed by atoms with E-state index < -0.39 is 11.0 Å². The van der Waals surface area contributed by atoms with Crippen LogP contribution in [0.4, 0.5) is 5.69 Å². The summed E-state index contributed by atoms with van der Waals surface area (Å²) in [6.45, 7) is 0. The first-order chi connectivity index (χ1) is 5.74. The first kappa shape index (κ1) is 8.82. The van der Waals surface area contributed by atoms with Crippen molar-refractivity contribution in [3.63, 3.8) is 0 Å². The van der Waals surface area contributed by atoms with Crippen LogP contribution in [0, 0.1) is 0 Å². The van der Waals surface area contributed by atoms with Crippen LogP contribution in [0.3, 0.4) is 0 Å². The fourth-order valence-electron chi connectivity index (χ4n) is 0.719. The molecule has 0 aliphatic carbocycles. The third-order valence-corrected chi connectivity index (χ3v) is 1.53. The summed E-state index contributed by atoms with van der Waals surface area (Å²) in [5, 5.41) is 8.50. The second kappa shape index (κ2) is 3.93. The minimum atomic E-state index is -2.95. The molecule has 66 valence electrons. The summed E-state index contributed by atoms with van der Waals surface area (Å²) >= 11 is 0. The molecule has 0 aromatic heterocycles. The molecule has 1 aromatic carbocycles. The van der Waals surface area contributed by atoms with Crippen LogP contribution in [0.2, 0.25) is 0 Å². The van der Waals surface area contributed by atoms with E-state index in [4.69, 9.17) is 5.21 Å². The van der Waals surface area contributed by atoms with Gasteiger partial charge in [0.25, 0.3) is 11.0 Å². The molecule has 1 rings (SSSR count). The fraction of sp³-hybridized carbons (Fsp3) is 0. The Bertz CT molecular complexity index is 328. The zero-order chi connectivity index (χ0) is 8.97. The van der Waals surface area contributed by atoms with Crippen LogP contribution in [0.15, 0.2) is 24.3 Å². The lowest BCUT2D eigenvalue weighted by Crippen LogP contribution is -1.96. The second-order valence-corrected chi connectivity index (χ2v) is 2.55. The average molecular weight is 189 g/mol. The summed E-state index contributed by atoms with van der Waals surface area (Å²) in [4.78, 5) is 0. The highest BCUT2D eigenvalue weighted by molar-refractivity contribution is 7.67. The van der Waals surface area contributed by atoms with Crippen LogP contribution in [-0.2, 0) is 11.0 Å². The zero-order valence-electron chi connectivity index (χ0n) is 5.93. The monoisotopic (exact) mass is 189 g/mol. The number of nitrogens with one attached hydrogen (secondary N) is 1. The SMILES string of the molecule is O=[SH](=O)Oc1ccccc1NO. The van der Waals surface area contributed by atoms with Crippen LogP contribution in [0.25, 0.3) is 0 Å². The third-order valence-electron chi connectivity index (χ3n) is 1.18. The molecular weight excluding hydrogens is 182 g/mol. The Morgan fingerprint density at radius 3 is 2.58 bits per heavy atom. The minimum absolute atomic E-state index is 0.0658. The van der Waals surface area contributed by atoms with Gasteiger partial charge in [0, 0.05) is 0 Å². The predicted molar refractivity (Wildman–Crippen MR) is 42.8 cm³/mol. The van der Waals surface area contributed by atoms with Crippen LogP contribution in [-0.4, -0.2) is 13.6 Å². The van der Waals surface area contributed by atoms with Gasteiger partial charge in [0.2, 0.25) is 0 Å². The molecule has 0 bridgehead atoms. The molecule has 0 saturated heterocycles. The van der Waals surface area contributed by atoms with E-state index in [9.17, 15) is 8.42 Å². The molecule has 2 N–H and O–H groups in total. The standard InChI is InChI=1S/C6H7NO4S/c8-7-5-3-1-2-4-6(5)11-12(9)10/h1-4,7-8,12H. The number of anilines is 1. The van der Waals surface area contributed by atoms with Gasteiger partial charge >= 0.3 is 0 Å². The molecule has 0 spiro atoms. The van der Waals surface area contributed by atoms with Gasteiger partial charge in [-0.25, -0.2) is 0 Å². The third kappa shape index (κ3) is 2.11. The summed E-state index contributed by atoms with van der Waals surface area (Å²) in [6, 6.07) is 6.12. The maximum absolute atomic E-state index is 10.1. The molecule has 6 heteroatoms. The molecule has 12 heavy (non-hydrogen) atoms. The molecule has 0 atom stereocenters. The zero-order valence-corrected chi connectivity index (χ0v) is 6.82. The normalized spacial score (nSPS) is 9.83. The summed E-state index contributed by atoms with van der Waals surface area (Å²) in [5.74, 6) is 0.0658. The van der Waals surface area contributed by atoms with Crippen LogP contribution in [0.1, 0.15) is 0 Å².